The molecule has 0 aliphatic rings. The normalized spacial score (nSPS) is 12.4. The second-order valence-electron chi connectivity index (χ2n) is 2.65. The number of rotatable bonds is 3. The summed E-state index contributed by atoms with van der Waals surface area (Å²) in [6, 6.07) is 0.563. The standard InChI is InChI=1S/C8H17IN2/c1-5-11(7(2)3)8(6-9)10-4/h7H,5-6H2,1-4H3/b10-8+. The minimum atomic E-state index is 0.563. The van der Waals surface area contributed by atoms with E-state index in [1.54, 1.807) is 0 Å². The summed E-state index contributed by atoms with van der Waals surface area (Å²) >= 11 is 2.35. The van der Waals surface area contributed by atoms with Gasteiger partial charge in [-0.15, -0.1) is 0 Å². The maximum absolute atomic E-state index is 4.23. The molecule has 0 rings (SSSR count). The second-order valence-corrected chi connectivity index (χ2v) is 3.42. The third kappa shape index (κ3) is 3.40. The molecule has 0 saturated carbocycles. The first-order valence-electron chi connectivity index (χ1n) is 3.95. The number of halogens is 1. The Kier molecular flexibility index (Phi) is 5.91. The molecule has 0 heterocycles. The highest BCUT2D eigenvalue weighted by molar-refractivity contribution is 14.1. The highest BCUT2D eigenvalue weighted by Crippen LogP contribution is 2.02. The van der Waals surface area contributed by atoms with Crippen LogP contribution in [0.15, 0.2) is 4.99 Å². The summed E-state index contributed by atoms with van der Waals surface area (Å²) in [7, 11) is 1.86. The molecule has 0 aliphatic heterocycles. The van der Waals surface area contributed by atoms with Crippen molar-refractivity contribution in [1.82, 2.24) is 4.90 Å². The summed E-state index contributed by atoms with van der Waals surface area (Å²) in [4.78, 5) is 6.55. The first kappa shape index (κ1) is 11.2. The molecule has 0 aromatic carbocycles. The quantitative estimate of drug-likeness (QED) is 0.331. The molecule has 0 N–H and O–H groups in total. The summed E-state index contributed by atoms with van der Waals surface area (Å²) in [6.07, 6.45) is 0. The van der Waals surface area contributed by atoms with Gasteiger partial charge in [-0.3, -0.25) is 4.99 Å². The van der Waals surface area contributed by atoms with Crippen LogP contribution in [0, 0.1) is 0 Å². The Bertz CT molecular complexity index is 132. The minimum absolute atomic E-state index is 0.563. The van der Waals surface area contributed by atoms with Crippen molar-refractivity contribution in [1.29, 1.82) is 0 Å². The van der Waals surface area contributed by atoms with Gasteiger partial charge in [0.25, 0.3) is 0 Å². The van der Waals surface area contributed by atoms with Crippen molar-refractivity contribution in [2.45, 2.75) is 26.8 Å². The molecular formula is C8H17IN2. The summed E-state index contributed by atoms with van der Waals surface area (Å²) in [6.45, 7) is 7.60. The number of hydrogen-bond acceptors (Lipinski definition) is 1. The van der Waals surface area contributed by atoms with Gasteiger partial charge in [-0.05, 0) is 20.8 Å². The van der Waals surface area contributed by atoms with Crippen molar-refractivity contribution >= 4 is 28.4 Å². The smallest absolute Gasteiger partial charge is 0.109 e. The van der Waals surface area contributed by atoms with Crippen molar-refractivity contribution in [3.05, 3.63) is 0 Å². The van der Waals surface area contributed by atoms with Crippen LogP contribution in [0.2, 0.25) is 0 Å². The Hall–Kier alpha value is 0.200. The topological polar surface area (TPSA) is 15.6 Å². The Labute approximate surface area is 83.2 Å². The average molecular weight is 268 g/mol. The summed E-state index contributed by atoms with van der Waals surface area (Å²) in [5, 5.41) is 0. The van der Waals surface area contributed by atoms with Crippen LogP contribution in [0.3, 0.4) is 0 Å². The van der Waals surface area contributed by atoms with E-state index >= 15 is 0 Å². The highest BCUT2D eigenvalue weighted by Gasteiger charge is 2.09. The van der Waals surface area contributed by atoms with Crippen LogP contribution in [-0.4, -0.2) is 34.8 Å². The predicted molar refractivity (Wildman–Crippen MR) is 59.8 cm³/mol. The van der Waals surface area contributed by atoms with E-state index in [4.69, 9.17) is 0 Å². The van der Waals surface area contributed by atoms with E-state index in [1.807, 2.05) is 7.05 Å². The van der Waals surface area contributed by atoms with E-state index in [1.165, 1.54) is 5.84 Å². The predicted octanol–water partition coefficient (Wildman–Crippen LogP) is 2.18. The van der Waals surface area contributed by atoms with E-state index in [2.05, 4.69) is 53.3 Å². The number of amidine groups is 1. The van der Waals surface area contributed by atoms with E-state index in [-0.39, 0.29) is 0 Å². The molecule has 0 spiro atoms. The number of hydrogen-bond donors (Lipinski definition) is 0. The number of nitrogens with zero attached hydrogens (tertiary/aromatic N) is 2. The molecule has 0 aromatic heterocycles. The van der Waals surface area contributed by atoms with Crippen LogP contribution in [0.1, 0.15) is 20.8 Å². The summed E-state index contributed by atoms with van der Waals surface area (Å²) < 4.78 is 1.00. The van der Waals surface area contributed by atoms with Gasteiger partial charge in [-0.1, -0.05) is 22.6 Å². The van der Waals surface area contributed by atoms with Crippen LogP contribution in [0.25, 0.3) is 0 Å². The Morgan fingerprint density at radius 2 is 2.09 bits per heavy atom. The molecule has 0 saturated heterocycles. The summed E-state index contributed by atoms with van der Waals surface area (Å²) in [5.41, 5.74) is 0. The summed E-state index contributed by atoms with van der Waals surface area (Å²) in [5.74, 6) is 1.20. The molecule has 66 valence electrons. The fraction of sp³-hybridized carbons (Fsp3) is 0.875. The molecule has 3 heteroatoms. The third-order valence-electron chi connectivity index (χ3n) is 1.67. The monoisotopic (exact) mass is 268 g/mol. The van der Waals surface area contributed by atoms with Crippen LogP contribution < -0.4 is 0 Å². The lowest BCUT2D eigenvalue weighted by Crippen LogP contribution is -2.37. The molecule has 2 nitrogen and oxygen atoms in total. The van der Waals surface area contributed by atoms with E-state index < -0.39 is 0 Å². The van der Waals surface area contributed by atoms with E-state index in [0.29, 0.717) is 6.04 Å². The maximum atomic E-state index is 4.23. The minimum Gasteiger partial charge on any atom is -0.358 e. The lowest BCUT2D eigenvalue weighted by atomic mass is 10.3. The van der Waals surface area contributed by atoms with Crippen molar-refractivity contribution in [2.75, 3.05) is 18.0 Å². The van der Waals surface area contributed by atoms with Crippen LogP contribution in [0.5, 0.6) is 0 Å². The van der Waals surface area contributed by atoms with Crippen LogP contribution in [-0.2, 0) is 0 Å². The first-order chi connectivity index (χ1) is 5.17. The lowest BCUT2D eigenvalue weighted by molar-refractivity contribution is 0.365. The second kappa shape index (κ2) is 5.80. The SMILES string of the molecule is CCN(/C(CI)=N/C)C(C)C. The molecule has 0 fully saturated rings. The lowest BCUT2D eigenvalue weighted by Gasteiger charge is -2.27. The Balaban J connectivity index is 4.22. The van der Waals surface area contributed by atoms with Gasteiger partial charge < -0.3 is 4.90 Å². The van der Waals surface area contributed by atoms with Gasteiger partial charge in [-0.25, -0.2) is 0 Å². The van der Waals surface area contributed by atoms with Gasteiger partial charge in [0.15, 0.2) is 0 Å². The molecule has 0 aliphatic carbocycles. The molecule has 0 aromatic rings. The van der Waals surface area contributed by atoms with Gasteiger partial charge in [0.2, 0.25) is 0 Å². The first-order valence-corrected chi connectivity index (χ1v) is 5.48. The van der Waals surface area contributed by atoms with E-state index in [0.717, 1.165) is 11.0 Å². The fourth-order valence-electron chi connectivity index (χ4n) is 1.11. The molecule has 0 bridgehead atoms. The molecule has 0 unspecified atom stereocenters. The average Bonchev–Trinajstić information content (AvgIpc) is 1.99. The maximum Gasteiger partial charge on any atom is 0.109 e. The zero-order chi connectivity index (χ0) is 8.85. The van der Waals surface area contributed by atoms with Crippen LogP contribution >= 0.6 is 22.6 Å². The number of aliphatic imine (C=N–C) groups is 1. The number of alkyl halides is 1. The van der Waals surface area contributed by atoms with Gasteiger partial charge in [-0.2, -0.15) is 0 Å². The third-order valence-corrected chi connectivity index (χ3v) is 2.36. The fourth-order valence-corrected chi connectivity index (χ4v) is 1.89. The largest absolute Gasteiger partial charge is 0.358 e. The highest BCUT2D eigenvalue weighted by atomic mass is 127. The Morgan fingerprint density at radius 1 is 1.55 bits per heavy atom. The molecule has 0 radical (unpaired) electrons. The zero-order valence-corrected chi connectivity index (χ0v) is 9.92. The van der Waals surface area contributed by atoms with Crippen LogP contribution in [0.4, 0.5) is 0 Å². The molecular weight excluding hydrogens is 251 g/mol. The van der Waals surface area contributed by atoms with Gasteiger partial charge in [0.05, 0.1) is 4.43 Å². The zero-order valence-electron chi connectivity index (χ0n) is 7.76. The van der Waals surface area contributed by atoms with Gasteiger partial charge in [0.1, 0.15) is 5.84 Å². The Morgan fingerprint density at radius 3 is 2.18 bits per heavy atom. The van der Waals surface area contributed by atoms with Crippen molar-refractivity contribution < 1.29 is 0 Å². The molecule has 11 heavy (non-hydrogen) atoms. The van der Waals surface area contributed by atoms with Crippen molar-refractivity contribution in [3.63, 3.8) is 0 Å². The van der Waals surface area contributed by atoms with E-state index in [9.17, 15) is 0 Å². The van der Waals surface area contributed by atoms with Gasteiger partial charge >= 0.3 is 0 Å². The van der Waals surface area contributed by atoms with Crippen molar-refractivity contribution in [2.24, 2.45) is 4.99 Å². The molecule has 0 amide bonds. The van der Waals surface area contributed by atoms with Crippen molar-refractivity contribution in [3.8, 4) is 0 Å². The van der Waals surface area contributed by atoms with Gasteiger partial charge in [0, 0.05) is 19.6 Å². The molecule has 0 atom stereocenters.